The van der Waals surface area contributed by atoms with E-state index in [1.165, 1.54) is 0 Å². The highest BCUT2D eigenvalue weighted by atomic mass is 16.5. The quantitative estimate of drug-likeness (QED) is 0.902. The molecule has 3 rings (SSSR count). The summed E-state index contributed by atoms with van der Waals surface area (Å²) in [4.78, 5) is 11.8. The highest BCUT2D eigenvalue weighted by Crippen LogP contribution is 2.19. The number of rotatable bonds is 3. The first-order chi connectivity index (χ1) is 8.83. The van der Waals surface area contributed by atoms with E-state index < -0.39 is 0 Å². The summed E-state index contributed by atoms with van der Waals surface area (Å²) in [6.45, 7) is 1.09. The molecule has 1 aromatic carbocycles. The maximum absolute atomic E-state index is 11.8. The van der Waals surface area contributed by atoms with Crippen LogP contribution in [-0.2, 0) is 16.1 Å². The minimum atomic E-state index is -0.283. The molecule has 0 radical (unpaired) electrons. The zero-order chi connectivity index (χ0) is 12.4. The third kappa shape index (κ3) is 2.24. The highest BCUT2D eigenvalue weighted by Gasteiger charge is 2.23. The fourth-order valence-electron chi connectivity index (χ4n) is 2.20. The zero-order valence-corrected chi connectivity index (χ0v) is 10.0. The van der Waals surface area contributed by atoms with Crippen molar-refractivity contribution < 1.29 is 13.9 Å². The van der Waals surface area contributed by atoms with E-state index in [-0.39, 0.29) is 12.0 Å². The molecule has 0 bridgehead atoms. The SMILES string of the molecule is O=C(NCc1cc2ccccc2o1)C1CCCO1. The summed E-state index contributed by atoms with van der Waals surface area (Å²) < 4.78 is 10.9. The van der Waals surface area contributed by atoms with E-state index in [4.69, 9.17) is 9.15 Å². The number of nitrogens with one attached hydrogen (secondary N) is 1. The van der Waals surface area contributed by atoms with Gasteiger partial charge in [0.2, 0.25) is 5.91 Å². The van der Waals surface area contributed by atoms with E-state index in [0.717, 1.165) is 29.6 Å². The Morgan fingerprint density at radius 1 is 1.39 bits per heavy atom. The van der Waals surface area contributed by atoms with Gasteiger partial charge < -0.3 is 14.5 Å². The van der Waals surface area contributed by atoms with Gasteiger partial charge in [-0.2, -0.15) is 0 Å². The summed E-state index contributed by atoms with van der Waals surface area (Å²) in [6, 6.07) is 9.75. The van der Waals surface area contributed by atoms with Gasteiger partial charge >= 0.3 is 0 Å². The van der Waals surface area contributed by atoms with Gasteiger partial charge in [0.25, 0.3) is 0 Å². The molecule has 1 amide bonds. The number of benzene rings is 1. The van der Waals surface area contributed by atoms with E-state index in [0.29, 0.717) is 13.2 Å². The van der Waals surface area contributed by atoms with Gasteiger partial charge in [0.1, 0.15) is 17.4 Å². The van der Waals surface area contributed by atoms with Gasteiger partial charge in [0.15, 0.2) is 0 Å². The first kappa shape index (κ1) is 11.3. The van der Waals surface area contributed by atoms with Crippen LogP contribution in [0.1, 0.15) is 18.6 Å². The van der Waals surface area contributed by atoms with Crippen LogP contribution in [-0.4, -0.2) is 18.6 Å². The molecule has 4 nitrogen and oxygen atoms in total. The molecule has 94 valence electrons. The second-order valence-electron chi connectivity index (χ2n) is 4.47. The van der Waals surface area contributed by atoms with Crippen molar-refractivity contribution in [2.45, 2.75) is 25.5 Å². The maximum Gasteiger partial charge on any atom is 0.249 e. The van der Waals surface area contributed by atoms with Crippen molar-refractivity contribution in [1.29, 1.82) is 0 Å². The molecule has 1 aliphatic heterocycles. The Kier molecular flexibility index (Phi) is 3.02. The van der Waals surface area contributed by atoms with Gasteiger partial charge in [-0.1, -0.05) is 18.2 Å². The second-order valence-corrected chi connectivity index (χ2v) is 4.47. The fraction of sp³-hybridized carbons (Fsp3) is 0.357. The Hall–Kier alpha value is -1.81. The van der Waals surface area contributed by atoms with E-state index >= 15 is 0 Å². The molecule has 1 aromatic heterocycles. The average Bonchev–Trinajstić information content (AvgIpc) is 3.04. The van der Waals surface area contributed by atoms with Crippen LogP contribution in [0.5, 0.6) is 0 Å². The van der Waals surface area contributed by atoms with Gasteiger partial charge in [-0.25, -0.2) is 0 Å². The molecule has 0 spiro atoms. The predicted molar refractivity (Wildman–Crippen MR) is 67.0 cm³/mol. The third-order valence-electron chi connectivity index (χ3n) is 3.14. The lowest BCUT2D eigenvalue weighted by Gasteiger charge is -2.08. The molecular weight excluding hydrogens is 230 g/mol. The van der Waals surface area contributed by atoms with Crippen molar-refractivity contribution in [2.75, 3.05) is 6.61 Å². The van der Waals surface area contributed by atoms with Gasteiger partial charge in [-0.15, -0.1) is 0 Å². The van der Waals surface area contributed by atoms with E-state index in [9.17, 15) is 4.79 Å². The lowest BCUT2D eigenvalue weighted by Crippen LogP contribution is -2.33. The summed E-state index contributed by atoms with van der Waals surface area (Å²) in [7, 11) is 0. The van der Waals surface area contributed by atoms with Crippen LogP contribution in [0, 0.1) is 0 Å². The third-order valence-corrected chi connectivity index (χ3v) is 3.14. The fourth-order valence-corrected chi connectivity index (χ4v) is 2.20. The molecule has 0 saturated carbocycles. The van der Waals surface area contributed by atoms with Crippen LogP contribution in [0.2, 0.25) is 0 Å². The number of para-hydroxylation sites is 1. The summed E-state index contributed by atoms with van der Waals surface area (Å²) in [5.41, 5.74) is 0.846. The average molecular weight is 245 g/mol. The monoisotopic (exact) mass is 245 g/mol. The molecule has 2 heterocycles. The zero-order valence-electron chi connectivity index (χ0n) is 10.0. The van der Waals surface area contributed by atoms with Crippen LogP contribution >= 0.6 is 0 Å². The van der Waals surface area contributed by atoms with Gasteiger partial charge in [0, 0.05) is 12.0 Å². The summed E-state index contributed by atoms with van der Waals surface area (Å²) in [5, 5.41) is 3.90. The summed E-state index contributed by atoms with van der Waals surface area (Å²) in [5.74, 6) is 0.718. The Morgan fingerprint density at radius 3 is 3.06 bits per heavy atom. The van der Waals surface area contributed by atoms with Crippen LogP contribution in [0.4, 0.5) is 0 Å². The maximum atomic E-state index is 11.8. The molecule has 1 N–H and O–H groups in total. The first-order valence-electron chi connectivity index (χ1n) is 6.20. The number of hydrogen-bond donors (Lipinski definition) is 1. The normalized spacial score (nSPS) is 19.2. The topological polar surface area (TPSA) is 51.5 Å². The number of carbonyl (C=O) groups excluding carboxylic acids is 1. The smallest absolute Gasteiger partial charge is 0.249 e. The Bertz CT molecular complexity index is 522. The number of fused-ring (bicyclic) bond motifs is 1. The molecular formula is C14H15NO3. The van der Waals surface area contributed by atoms with Crippen LogP contribution < -0.4 is 5.32 Å². The minimum Gasteiger partial charge on any atom is -0.459 e. The minimum absolute atomic E-state index is 0.0482. The van der Waals surface area contributed by atoms with Crippen molar-refractivity contribution in [3.05, 3.63) is 36.1 Å². The lowest BCUT2D eigenvalue weighted by atomic mass is 10.2. The van der Waals surface area contributed by atoms with Crippen LogP contribution in [0.15, 0.2) is 34.7 Å². The Morgan fingerprint density at radius 2 is 2.28 bits per heavy atom. The molecule has 1 unspecified atom stereocenters. The van der Waals surface area contributed by atoms with E-state index in [2.05, 4.69) is 5.32 Å². The lowest BCUT2D eigenvalue weighted by molar-refractivity contribution is -0.130. The van der Waals surface area contributed by atoms with Gasteiger partial charge in [-0.3, -0.25) is 4.79 Å². The van der Waals surface area contributed by atoms with Crippen molar-refractivity contribution in [3.8, 4) is 0 Å². The first-order valence-corrected chi connectivity index (χ1v) is 6.20. The molecule has 18 heavy (non-hydrogen) atoms. The number of ether oxygens (including phenoxy) is 1. The molecule has 1 saturated heterocycles. The molecule has 1 atom stereocenters. The van der Waals surface area contributed by atoms with E-state index in [1.807, 2.05) is 30.3 Å². The van der Waals surface area contributed by atoms with Gasteiger partial charge in [0.05, 0.1) is 6.54 Å². The molecule has 4 heteroatoms. The summed E-state index contributed by atoms with van der Waals surface area (Å²) in [6.07, 6.45) is 1.49. The van der Waals surface area contributed by atoms with Gasteiger partial charge in [-0.05, 0) is 25.0 Å². The summed E-state index contributed by atoms with van der Waals surface area (Å²) >= 11 is 0. The predicted octanol–water partition coefficient (Wildman–Crippen LogP) is 2.23. The van der Waals surface area contributed by atoms with Crippen molar-refractivity contribution in [3.63, 3.8) is 0 Å². The molecule has 2 aromatic rings. The number of carbonyl (C=O) groups is 1. The standard InChI is InChI=1S/C14H15NO3/c16-14(13-6-3-7-17-13)15-9-11-8-10-4-1-2-5-12(10)18-11/h1-2,4-5,8,13H,3,6-7,9H2,(H,15,16). The number of amides is 1. The number of furan rings is 1. The number of hydrogen-bond acceptors (Lipinski definition) is 3. The Balaban J connectivity index is 1.63. The van der Waals surface area contributed by atoms with Crippen LogP contribution in [0.25, 0.3) is 11.0 Å². The second kappa shape index (κ2) is 4.82. The largest absolute Gasteiger partial charge is 0.459 e. The van der Waals surface area contributed by atoms with Crippen molar-refractivity contribution in [1.82, 2.24) is 5.32 Å². The van der Waals surface area contributed by atoms with Crippen molar-refractivity contribution in [2.24, 2.45) is 0 Å². The molecule has 1 aliphatic rings. The van der Waals surface area contributed by atoms with Crippen molar-refractivity contribution >= 4 is 16.9 Å². The molecule has 1 fully saturated rings. The Labute approximate surface area is 105 Å². The van der Waals surface area contributed by atoms with E-state index in [1.54, 1.807) is 0 Å². The van der Waals surface area contributed by atoms with Crippen LogP contribution in [0.3, 0.4) is 0 Å². The molecule has 0 aliphatic carbocycles. The highest BCUT2D eigenvalue weighted by molar-refractivity contribution is 5.81.